The van der Waals surface area contributed by atoms with Gasteiger partial charge in [-0.05, 0) is 31.9 Å². The lowest BCUT2D eigenvalue weighted by Gasteiger charge is -2.47. The van der Waals surface area contributed by atoms with Gasteiger partial charge in [0.25, 0.3) is 0 Å². The van der Waals surface area contributed by atoms with E-state index >= 15 is 0 Å². The van der Waals surface area contributed by atoms with Crippen molar-refractivity contribution in [3.63, 3.8) is 0 Å². The number of rotatable bonds is 3. The van der Waals surface area contributed by atoms with Gasteiger partial charge < -0.3 is 24.8 Å². The number of carbonyl (C=O) groups is 3. The van der Waals surface area contributed by atoms with Crippen molar-refractivity contribution in [1.29, 1.82) is 0 Å². The summed E-state index contributed by atoms with van der Waals surface area (Å²) < 4.78 is 5.21. The summed E-state index contributed by atoms with van der Waals surface area (Å²) in [6, 6.07) is 7.15. The highest BCUT2D eigenvalue weighted by molar-refractivity contribution is 5.90. The van der Waals surface area contributed by atoms with Crippen molar-refractivity contribution in [3.05, 3.63) is 24.3 Å². The molecule has 0 saturated carbocycles. The molecule has 2 atom stereocenters. The van der Waals surface area contributed by atoms with Crippen molar-refractivity contribution in [2.45, 2.75) is 32.2 Å². The molecule has 3 saturated heterocycles. The Bertz CT molecular complexity index is 849. The molecule has 4 amide bonds. The molecular weight excluding hydrogens is 384 g/mol. The van der Waals surface area contributed by atoms with Gasteiger partial charge in [0.15, 0.2) is 0 Å². The van der Waals surface area contributed by atoms with Gasteiger partial charge in [0, 0.05) is 57.3 Å². The van der Waals surface area contributed by atoms with Gasteiger partial charge in [0.1, 0.15) is 5.75 Å². The van der Waals surface area contributed by atoms with E-state index in [1.165, 1.54) is 0 Å². The largest absolute Gasteiger partial charge is 0.497 e. The molecular formula is C22H30N4O4. The summed E-state index contributed by atoms with van der Waals surface area (Å²) in [5.74, 6) is 0.935. The smallest absolute Gasteiger partial charge is 0.321 e. The molecule has 1 aromatic rings. The predicted molar refractivity (Wildman–Crippen MR) is 112 cm³/mol. The number of ether oxygens (including phenoxy) is 1. The fraction of sp³-hybridized carbons (Fsp3) is 0.591. The normalized spacial score (nSPS) is 24.9. The van der Waals surface area contributed by atoms with Gasteiger partial charge in [-0.3, -0.25) is 9.59 Å². The van der Waals surface area contributed by atoms with Gasteiger partial charge >= 0.3 is 6.03 Å². The average molecular weight is 415 g/mol. The summed E-state index contributed by atoms with van der Waals surface area (Å²) in [4.78, 5) is 43.4. The lowest BCUT2D eigenvalue weighted by atomic mass is 9.75. The first kappa shape index (κ1) is 20.5. The van der Waals surface area contributed by atoms with Crippen molar-refractivity contribution in [2.24, 2.45) is 11.8 Å². The first-order valence-corrected chi connectivity index (χ1v) is 10.7. The second-order valence-electron chi connectivity index (χ2n) is 8.47. The Labute approximate surface area is 177 Å². The van der Waals surface area contributed by atoms with Crippen LogP contribution in [0.2, 0.25) is 0 Å². The predicted octanol–water partition coefficient (Wildman–Crippen LogP) is 2.02. The number of amides is 4. The maximum atomic E-state index is 13.1. The van der Waals surface area contributed by atoms with Crippen LogP contribution in [0.15, 0.2) is 24.3 Å². The van der Waals surface area contributed by atoms with E-state index in [9.17, 15) is 14.4 Å². The van der Waals surface area contributed by atoms with Crippen LogP contribution >= 0.6 is 0 Å². The summed E-state index contributed by atoms with van der Waals surface area (Å²) >= 11 is 0. The third-order valence-corrected chi connectivity index (χ3v) is 7.13. The Balaban J connectivity index is 1.46. The summed E-state index contributed by atoms with van der Waals surface area (Å²) in [5, 5.41) is 2.94. The third kappa shape index (κ3) is 3.28. The van der Waals surface area contributed by atoms with E-state index in [1.54, 1.807) is 20.1 Å². The lowest BCUT2D eigenvalue weighted by molar-refractivity contribution is -0.136. The van der Waals surface area contributed by atoms with Gasteiger partial charge in [-0.15, -0.1) is 0 Å². The van der Waals surface area contributed by atoms with Crippen molar-refractivity contribution >= 4 is 23.5 Å². The molecule has 0 bridgehead atoms. The van der Waals surface area contributed by atoms with Gasteiger partial charge in [-0.1, -0.05) is 6.07 Å². The van der Waals surface area contributed by atoms with Gasteiger partial charge in [0.2, 0.25) is 11.8 Å². The standard InChI is InChI=1S/C22H30N4O4/c1-4-26-20(28)18-13-25(15(2)27)14-19(18)22(26)8-10-24(11-9-22)21(29)23-16-6-5-7-17(12-16)30-3/h5-7,12,18-19H,4,8-11,13-14H2,1-3H3,(H,23,29)/t18-,19+/m0/s1. The van der Waals surface area contributed by atoms with Gasteiger partial charge in [-0.25, -0.2) is 4.79 Å². The molecule has 0 unspecified atom stereocenters. The number of urea groups is 1. The molecule has 0 radical (unpaired) electrons. The molecule has 3 fully saturated rings. The molecule has 1 spiro atoms. The number of piperidine rings is 1. The van der Waals surface area contributed by atoms with Crippen molar-refractivity contribution in [2.75, 3.05) is 45.2 Å². The van der Waals surface area contributed by atoms with Crippen LogP contribution in [0.25, 0.3) is 0 Å². The summed E-state index contributed by atoms with van der Waals surface area (Å²) in [6.45, 7) is 6.59. The number of hydrogen-bond donors (Lipinski definition) is 1. The minimum atomic E-state index is -0.257. The van der Waals surface area contributed by atoms with Crippen LogP contribution in [-0.4, -0.2) is 77.9 Å². The monoisotopic (exact) mass is 414 g/mol. The highest BCUT2D eigenvalue weighted by atomic mass is 16.5. The molecule has 3 heterocycles. The van der Waals surface area contributed by atoms with Crippen LogP contribution in [0, 0.1) is 11.8 Å². The van der Waals surface area contributed by atoms with E-state index in [-0.39, 0.29) is 35.2 Å². The number of nitrogens with zero attached hydrogens (tertiary/aromatic N) is 3. The molecule has 0 aliphatic carbocycles. The third-order valence-electron chi connectivity index (χ3n) is 7.13. The maximum Gasteiger partial charge on any atom is 0.321 e. The molecule has 1 N–H and O–H groups in total. The molecule has 8 nitrogen and oxygen atoms in total. The van der Waals surface area contributed by atoms with E-state index < -0.39 is 0 Å². The topological polar surface area (TPSA) is 82.2 Å². The van der Waals surface area contributed by atoms with Crippen molar-refractivity contribution in [1.82, 2.24) is 14.7 Å². The minimum Gasteiger partial charge on any atom is -0.497 e. The number of fused-ring (bicyclic) bond motifs is 2. The molecule has 3 aliphatic rings. The van der Waals surface area contributed by atoms with E-state index in [1.807, 2.05) is 39.8 Å². The van der Waals surface area contributed by atoms with Crippen LogP contribution in [0.4, 0.5) is 10.5 Å². The first-order valence-electron chi connectivity index (χ1n) is 10.7. The Kier molecular flexibility index (Phi) is 5.34. The van der Waals surface area contributed by atoms with Crippen LogP contribution in [0.3, 0.4) is 0 Å². The molecule has 0 aromatic heterocycles. The van der Waals surface area contributed by atoms with Gasteiger partial charge in [0.05, 0.1) is 18.6 Å². The number of methoxy groups -OCH3 is 1. The van der Waals surface area contributed by atoms with Crippen molar-refractivity contribution < 1.29 is 19.1 Å². The summed E-state index contributed by atoms with van der Waals surface area (Å²) in [5.41, 5.74) is 0.437. The number of hydrogen-bond acceptors (Lipinski definition) is 4. The molecule has 1 aromatic carbocycles. The van der Waals surface area contributed by atoms with Crippen LogP contribution < -0.4 is 10.1 Å². The van der Waals surface area contributed by atoms with Crippen LogP contribution in [0.1, 0.15) is 26.7 Å². The second-order valence-corrected chi connectivity index (χ2v) is 8.47. The Hall–Kier alpha value is -2.77. The molecule has 3 aliphatic heterocycles. The number of carbonyl (C=O) groups excluding carboxylic acids is 3. The number of anilines is 1. The Morgan fingerprint density at radius 3 is 2.57 bits per heavy atom. The molecule has 30 heavy (non-hydrogen) atoms. The SMILES string of the molecule is CCN1C(=O)[C@H]2CN(C(C)=O)C[C@H]2C12CCN(C(=O)Nc1cccc(OC)c1)CC2. The number of nitrogens with one attached hydrogen (secondary N) is 1. The molecule has 162 valence electrons. The maximum absolute atomic E-state index is 13.1. The summed E-state index contributed by atoms with van der Waals surface area (Å²) in [6.07, 6.45) is 1.48. The zero-order valence-electron chi connectivity index (χ0n) is 17.9. The molecule has 8 heteroatoms. The van der Waals surface area contributed by atoms with Crippen molar-refractivity contribution in [3.8, 4) is 5.75 Å². The molecule has 4 rings (SSSR count). The minimum absolute atomic E-state index is 0.0329. The Morgan fingerprint density at radius 2 is 1.93 bits per heavy atom. The highest BCUT2D eigenvalue weighted by Gasteiger charge is 2.61. The Morgan fingerprint density at radius 1 is 1.20 bits per heavy atom. The van der Waals surface area contributed by atoms with E-state index in [4.69, 9.17) is 4.74 Å². The lowest BCUT2D eigenvalue weighted by Crippen LogP contribution is -2.58. The fourth-order valence-corrected chi connectivity index (χ4v) is 5.59. The number of likely N-dealkylation sites (tertiary alicyclic amines) is 3. The van der Waals surface area contributed by atoms with Crippen LogP contribution in [0.5, 0.6) is 5.75 Å². The average Bonchev–Trinajstić information content (AvgIpc) is 3.28. The van der Waals surface area contributed by atoms with E-state index in [2.05, 4.69) is 5.32 Å². The zero-order valence-corrected chi connectivity index (χ0v) is 17.9. The highest BCUT2D eigenvalue weighted by Crippen LogP contribution is 2.49. The second kappa shape index (κ2) is 7.81. The zero-order chi connectivity index (χ0) is 21.5. The van der Waals surface area contributed by atoms with Crippen LogP contribution in [-0.2, 0) is 9.59 Å². The van der Waals surface area contributed by atoms with E-state index in [0.29, 0.717) is 44.2 Å². The fourth-order valence-electron chi connectivity index (χ4n) is 5.59. The quantitative estimate of drug-likeness (QED) is 0.820. The number of benzene rings is 1. The first-order chi connectivity index (χ1) is 14.4. The van der Waals surface area contributed by atoms with E-state index in [0.717, 1.165) is 12.8 Å². The summed E-state index contributed by atoms with van der Waals surface area (Å²) in [7, 11) is 1.59. The van der Waals surface area contributed by atoms with Gasteiger partial charge in [-0.2, -0.15) is 0 Å².